The van der Waals surface area contributed by atoms with Gasteiger partial charge >= 0.3 is 0 Å². The van der Waals surface area contributed by atoms with E-state index in [0.29, 0.717) is 0 Å². The van der Waals surface area contributed by atoms with Gasteiger partial charge in [-0.15, -0.1) is 0 Å². The number of Topliss-reactive ketones (excluding diaryl/α,β-unsaturated/α-hetero) is 1. The van der Waals surface area contributed by atoms with Crippen LogP contribution in [0.2, 0.25) is 0 Å². The first-order valence-electron chi connectivity index (χ1n) is 11.1. The quantitative estimate of drug-likeness (QED) is 0.490. The van der Waals surface area contributed by atoms with Crippen LogP contribution in [-0.4, -0.2) is 48.2 Å². The fraction of sp³-hybridized carbons (Fsp3) is 0.810. The molecule has 3 fully saturated rings. The van der Waals surface area contributed by atoms with Gasteiger partial charge in [-0.25, -0.2) is 0 Å². The van der Waals surface area contributed by atoms with Crippen LogP contribution in [0, 0.1) is 11.8 Å². The maximum absolute atomic E-state index is 13.2. The van der Waals surface area contributed by atoms with E-state index in [2.05, 4.69) is 16.0 Å². The van der Waals surface area contributed by atoms with E-state index in [1.165, 1.54) is 0 Å². The molecule has 0 spiro atoms. The number of nitrogens with one attached hydrogen (secondary N) is 3. The molecule has 1 heterocycles. The number of nitrogens with two attached hydrogens (primary N) is 1. The van der Waals surface area contributed by atoms with Crippen molar-refractivity contribution in [3.63, 3.8) is 0 Å². The molecule has 8 nitrogen and oxygen atoms in total. The molecule has 29 heavy (non-hydrogen) atoms. The molecule has 0 aromatic rings. The SMILES string of the molecule is NC(=O)C(NC(=O)C(NC(=O)[C@@H]1CC(=O)CN1)C1CCCCC1)C1CCCCC1. The van der Waals surface area contributed by atoms with Gasteiger partial charge in [-0.05, 0) is 37.5 Å². The molecule has 0 radical (unpaired) electrons. The highest BCUT2D eigenvalue weighted by Gasteiger charge is 2.37. The number of rotatable bonds is 7. The third kappa shape index (κ3) is 5.78. The van der Waals surface area contributed by atoms with Crippen LogP contribution in [-0.2, 0) is 19.2 Å². The average Bonchev–Trinajstić information content (AvgIpc) is 3.17. The number of ketones is 1. The van der Waals surface area contributed by atoms with Crippen molar-refractivity contribution in [3.05, 3.63) is 0 Å². The first kappa shape index (κ1) is 21.7. The molecule has 0 aromatic carbocycles. The van der Waals surface area contributed by atoms with Gasteiger partial charge < -0.3 is 16.4 Å². The van der Waals surface area contributed by atoms with Gasteiger partial charge in [0.05, 0.1) is 12.6 Å². The number of carbonyl (C=O) groups is 4. The summed E-state index contributed by atoms with van der Waals surface area (Å²) in [5, 5.41) is 8.65. The Morgan fingerprint density at radius 2 is 1.41 bits per heavy atom. The van der Waals surface area contributed by atoms with Crippen LogP contribution < -0.4 is 21.7 Å². The summed E-state index contributed by atoms with van der Waals surface area (Å²) in [6.07, 6.45) is 10.0. The van der Waals surface area contributed by atoms with Crippen LogP contribution >= 0.6 is 0 Å². The first-order chi connectivity index (χ1) is 14.0. The normalized spacial score (nSPS) is 25.9. The highest BCUT2D eigenvalue weighted by molar-refractivity contribution is 5.96. The minimum absolute atomic E-state index is 0.00471. The molecular weight excluding hydrogens is 372 g/mol. The molecule has 1 saturated heterocycles. The van der Waals surface area contributed by atoms with E-state index in [0.717, 1.165) is 64.2 Å². The van der Waals surface area contributed by atoms with Gasteiger partial charge in [-0.3, -0.25) is 24.5 Å². The number of amides is 3. The van der Waals surface area contributed by atoms with Crippen LogP contribution in [0.25, 0.3) is 0 Å². The van der Waals surface area contributed by atoms with E-state index in [9.17, 15) is 19.2 Å². The Morgan fingerprint density at radius 3 is 1.90 bits per heavy atom. The molecule has 3 amide bonds. The Balaban J connectivity index is 1.69. The lowest BCUT2D eigenvalue weighted by molar-refractivity contribution is -0.134. The number of carbonyl (C=O) groups excluding carboxylic acids is 4. The highest BCUT2D eigenvalue weighted by Crippen LogP contribution is 2.29. The smallest absolute Gasteiger partial charge is 0.243 e. The van der Waals surface area contributed by atoms with Crippen LogP contribution in [0.4, 0.5) is 0 Å². The van der Waals surface area contributed by atoms with Crippen LogP contribution in [0.15, 0.2) is 0 Å². The second-order valence-corrected chi connectivity index (χ2v) is 8.85. The molecule has 2 saturated carbocycles. The van der Waals surface area contributed by atoms with Gasteiger partial charge in [0.1, 0.15) is 17.9 Å². The van der Waals surface area contributed by atoms with Gasteiger partial charge in [-0.1, -0.05) is 38.5 Å². The van der Waals surface area contributed by atoms with E-state index in [-0.39, 0.29) is 42.4 Å². The largest absolute Gasteiger partial charge is 0.368 e. The third-order valence-electron chi connectivity index (χ3n) is 6.72. The predicted octanol–water partition coefficient (Wildman–Crippen LogP) is 0.533. The monoisotopic (exact) mass is 406 g/mol. The van der Waals surface area contributed by atoms with Gasteiger partial charge in [-0.2, -0.15) is 0 Å². The third-order valence-corrected chi connectivity index (χ3v) is 6.72. The summed E-state index contributed by atoms with van der Waals surface area (Å²) in [4.78, 5) is 49.4. The van der Waals surface area contributed by atoms with Crippen molar-refractivity contribution >= 4 is 23.5 Å². The lowest BCUT2D eigenvalue weighted by Crippen LogP contribution is -2.59. The maximum Gasteiger partial charge on any atom is 0.243 e. The lowest BCUT2D eigenvalue weighted by atomic mass is 9.81. The molecule has 162 valence electrons. The van der Waals surface area contributed by atoms with E-state index in [1.54, 1.807) is 0 Å². The summed E-state index contributed by atoms with van der Waals surface area (Å²) in [7, 11) is 0. The van der Waals surface area contributed by atoms with Crippen LogP contribution in [0.5, 0.6) is 0 Å². The van der Waals surface area contributed by atoms with Gasteiger partial charge in [0.15, 0.2) is 0 Å². The summed E-state index contributed by atoms with van der Waals surface area (Å²) >= 11 is 0. The number of hydrogen-bond acceptors (Lipinski definition) is 5. The van der Waals surface area contributed by atoms with Gasteiger partial charge in [0.25, 0.3) is 0 Å². The summed E-state index contributed by atoms with van der Waals surface area (Å²) < 4.78 is 0. The zero-order chi connectivity index (χ0) is 20.8. The van der Waals surface area contributed by atoms with E-state index < -0.39 is 24.0 Å². The Labute approximate surface area is 172 Å². The standard InChI is InChI=1S/C21H34N4O4/c22-19(27)17(13-7-3-1-4-8-13)24-21(29)18(14-9-5-2-6-10-14)25-20(28)16-11-15(26)12-23-16/h13-14,16-18,23H,1-12H2,(H2,22,27)(H,24,29)(H,25,28)/t16-,17?,18?/m0/s1. The molecule has 3 aliphatic rings. The summed E-state index contributed by atoms with van der Waals surface area (Å²) in [6.45, 7) is 0.184. The van der Waals surface area contributed by atoms with Crippen molar-refractivity contribution in [2.24, 2.45) is 17.6 Å². The Bertz CT molecular complexity index is 626. The molecule has 5 N–H and O–H groups in total. The second kappa shape index (κ2) is 10.2. The summed E-state index contributed by atoms with van der Waals surface area (Å²) in [5.74, 6) is -1.08. The van der Waals surface area contributed by atoms with Crippen molar-refractivity contribution in [3.8, 4) is 0 Å². The van der Waals surface area contributed by atoms with Crippen LogP contribution in [0.3, 0.4) is 0 Å². The zero-order valence-corrected chi connectivity index (χ0v) is 17.1. The van der Waals surface area contributed by atoms with E-state index in [1.807, 2.05) is 0 Å². The fourth-order valence-corrected chi connectivity index (χ4v) is 5.05. The maximum atomic E-state index is 13.2. The lowest BCUT2D eigenvalue weighted by Gasteiger charge is -2.34. The zero-order valence-electron chi connectivity index (χ0n) is 17.1. The summed E-state index contributed by atoms with van der Waals surface area (Å²) in [6, 6.07) is -1.99. The molecule has 8 heteroatoms. The van der Waals surface area contributed by atoms with Crippen molar-refractivity contribution in [2.45, 2.75) is 88.8 Å². The molecule has 1 aliphatic heterocycles. The topological polar surface area (TPSA) is 130 Å². The van der Waals surface area contributed by atoms with E-state index >= 15 is 0 Å². The molecule has 0 bridgehead atoms. The average molecular weight is 407 g/mol. The molecule has 3 atom stereocenters. The predicted molar refractivity (Wildman–Crippen MR) is 108 cm³/mol. The molecule has 0 aromatic heterocycles. The fourth-order valence-electron chi connectivity index (χ4n) is 5.05. The van der Waals surface area contributed by atoms with Gasteiger partial charge in [0, 0.05) is 6.42 Å². The van der Waals surface area contributed by atoms with E-state index in [4.69, 9.17) is 5.73 Å². The Morgan fingerprint density at radius 1 is 0.862 bits per heavy atom. The highest BCUT2D eigenvalue weighted by atomic mass is 16.2. The Kier molecular flexibility index (Phi) is 7.64. The molecule has 2 unspecified atom stereocenters. The Hall–Kier alpha value is -1.96. The first-order valence-corrected chi connectivity index (χ1v) is 11.1. The van der Waals surface area contributed by atoms with Gasteiger partial charge in [0.2, 0.25) is 17.7 Å². The molecular formula is C21H34N4O4. The number of primary amides is 1. The van der Waals surface area contributed by atoms with Crippen molar-refractivity contribution in [1.29, 1.82) is 0 Å². The molecule has 2 aliphatic carbocycles. The summed E-state index contributed by atoms with van der Waals surface area (Å²) in [5.41, 5.74) is 5.62. The minimum atomic E-state index is -0.703. The van der Waals surface area contributed by atoms with Crippen molar-refractivity contribution in [2.75, 3.05) is 6.54 Å². The minimum Gasteiger partial charge on any atom is -0.368 e. The second-order valence-electron chi connectivity index (χ2n) is 8.85. The number of hydrogen-bond donors (Lipinski definition) is 4. The van der Waals surface area contributed by atoms with Crippen molar-refractivity contribution in [1.82, 2.24) is 16.0 Å². The molecule has 3 rings (SSSR count). The van der Waals surface area contributed by atoms with Crippen molar-refractivity contribution < 1.29 is 19.2 Å². The van der Waals surface area contributed by atoms with Crippen LogP contribution in [0.1, 0.15) is 70.6 Å².